The average molecular weight is 211 g/mol. The average Bonchev–Trinajstić information content (AvgIpc) is 2.67. The Morgan fingerprint density at radius 1 is 1.67 bits per heavy atom. The van der Waals surface area contributed by atoms with Crippen LogP contribution in [-0.4, -0.2) is 25.7 Å². The van der Waals surface area contributed by atoms with Gasteiger partial charge >= 0.3 is 0 Å². The molecule has 0 saturated carbocycles. The highest BCUT2D eigenvalue weighted by molar-refractivity contribution is 5.76. The first-order valence-corrected chi connectivity index (χ1v) is 5.03. The molecule has 0 aromatic carbocycles. The van der Waals surface area contributed by atoms with Crippen LogP contribution in [0.4, 0.5) is 0 Å². The van der Waals surface area contributed by atoms with Gasteiger partial charge in [0.1, 0.15) is 5.76 Å². The van der Waals surface area contributed by atoms with E-state index in [0.717, 1.165) is 5.76 Å². The van der Waals surface area contributed by atoms with Crippen LogP contribution >= 0.6 is 0 Å². The van der Waals surface area contributed by atoms with E-state index in [2.05, 4.69) is 5.32 Å². The Labute approximate surface area is 89.6 Å². The number of aryl methyl sites for hydroxylation is 1. The predicted octanol–water partition coefficient (Wildman–Crippen LogP) is 1.36. The molecule has 1 aromatic heterocycles. The first kappa shape index (κ1) is 11.8. The van der Waals surface area contributed by atoms with Crippen molar-refractivity contribution in [3.05, 3.63) is 24.2 Å². The van der Waals surface area contributed by atoms with Crippen LogP contribution in [0.1, 0.15) is 19.1 Å². The van der Waals surface area contributed by atoms with Gasteiger partial charge in [-0.15, -0.1) is 0 Å². The molecule has 0 aliphatic rings. The fourth-order valence-electron chi connectivity index (χ4n) is 1.33. The van der Waals surface area contributed by atoms with Crippen molar-refractivity contribution in [2.75, 3.05) is 13.7 Å². The summed E-state index contributed by atoms with van der Waals surface area (Å²) >= 11 is 0. The highest BCUT2D eigenvalue weighted by Crippen LogP contribution is 2.03. The third-order valence-electron chi connectivity index (χ3n) is 2.00. The van der Waals surface area contributed by atoms with Gasteiger partial charge < -0.3 is 14.5 Å². The Balaban J connectivity index is 2.19. The van der Waals surface area contributed by atoms with E-state index in [1.54, 1.807) is 13.4 Å². The number of carbonyl (C=O) groups is 1. The second-order valence-corrected chi connectivity index (χ2v) is 3.50. The van der Waals surface area contributed by atoms with Crippen LogP contribution in [-0.2, 0) is 16.0 Å². The number of hydrogen-bond acceptors (Lipinski definition) is 3. The zero-order valence-corrected chi connectivity index (χ0v) is 9.16. The highest BCUT2D eigenvalue weighted by Gasteiger charge is 2.07. The van der Waals surface area contributed by atoms with Crippen molar-refractivity contribution in [2.24, 2.45) is 0 Å². The molecule has 1 aromatic rings. The first-order chi connectivity index (χ1) is 7.22. The molecule has 1 heterocycles. The van der Waals surface area contributed by atoms with E-state index in [9.17, 15) is 4.79 Å². The number of ether oxygens (including phenoxy) is 1. The van der Waals surface area contributed by atoms with Crippen molar-refractivity contribution in [3.8, 4) is 0 Å². The van der Waals surface area contributed by atoms with Crippen LogP contribution in [0.15, 0.2) is 22.8 Å². The minimum atomic E-state index is 0.0240. The summed E-state index contributed by atoms with van der Waals surface area (Å²) in [5.74, 6) is 0.862. The molecular formula is C11H17NO3. The van der Waals surface area contributed by atoms with Crippen molar-refractivity contribution in [1.29, 1.82) is 0 Å². The lowest BCUT2D eigenvalue weighted by Gasteiger charge is -2.11. The van der Waals surface area contributed by atoms with E-state index in [-0.39, 0.29) is 11.9 Å². The molecule has 0 aliphatic carbocycles. The Morgan fingerprint density at radius 2 is 2.47 bits per heavy atom. The number of methoxy groups -OCH3 is 1. The minimum Gasteiger partial charge on any atom is -0.469 e. The summed E-state index contributed by atoms with van der Waals surface area (Å²) in [6.45, 7) is 2.45. The van der Waals surface area contributed by atoms with Gasteiger partial charge in [0.05, 0.1) is 12.9 Å². The molecule has 4 nitrogen and oxygen atoms in total. The molecule has 0 spiro atoms. The lowest BCUT2D eigenvalue weighted by Crippen LogP contribution is -2.35. The van der Waals surface area contributed by atoms with Crippen LogP contribution in [0, 0.1) is 0 Å². The Kier molecular flexibility index (Phi) is 4.90. The molecule has 1 rings (SSSR count). The minimum absolute atomic E-state index is 0.0240. The zero-order valence-electron chi connectivity index (χ0n) is 9.16. The van der Waals surface area contributed by atoms with Crippen molar-refractivity contribution in [2.45, 2.75) is 25.8 Å². The molecule has 0 fully saturated rings. The summed E-state index contributed by atoms with van der Waals surface area (Å²) in [6, 6.07) is 3.74. The number of nitrogens with one attached hydrogen (secondary N) is 1. The van der Waals surface area contributed by atoms with Gasteiger partial charge in [-0.2, -0.15) is 0 Å². The largest absolute Gasteiger partial charge is 0.469 e. The Hall–Kier alpha value is -1.29. The van der Waals surface area contributed by atoms with Gasteiger partial charge in [0, 0.05) is 26.0 Å². The van der Waals surface area contributed by atoms with Gasteiger partial charge in [-0.25, -0.2) is 0 Å². The number of amides is 1. The molecule has 84 valence electrons. The predicted molar refractivity (Wildman–Crippen MR) is 56.5 cm³/mol. The Bertz CT molecular complexity index is 282. The SMILES string of the molecule is COCC(C)NC(=O)CCc1ccco1. The molecule has 0 saturated heterocycles. The van der Waals surface area contributed by atoms with Crippen LogP contribution in [0.2, 0.25) is 0 Å². The van der Waals surface area contributed by atoms with E-state index in [1.165, 1.54) is 0 Å². The lowest BCUT2D eigenvalue weighted by atomic mass is 10.2. The summed E-state index contributed by atoms with van der Waals surface area (Å²) in [6.07, 6.45) is 2.70. The third-order valence-corrected chi connectivity index (χ3v) is 2.00. The first-order valence-electron chi connectivity index (χ1n) is 5.03. The second-order valence-electron chi connectivity index (χ2n) is 3.50. The molecule has 15 heavy (non-hydrogen) atoms. The third kappa shape index (κ3) is 4.65. The number of rotatable bonds is 6. The van der Waals surface area contributed by atoms with Gasteiger partial charge in [-0.3, -0.25) is 4.79 Å². The van der Waals surface area contributed by atoms with Gasteiger partial charge in [0.2, 0.25) is 5.91 Å². The summed E-state index contributed by atoms with van der Waals surface area (Å²) in [7, 11) is 1.62. The second kappa shape index (κ2) is 6.24. The highest BCUT2D eigenvalue weighted by atomic mass is 16.5. The lowest BCUT2D eigenvalue weighted by molar-refractivity contribution is -0.122. The zero-order chi connectivity index (χ0) is 11.1. The monoisotopic (exact) mass is 211 g/mol. The molecule has 0 radical (unpaired) electrons. The van der Waals surface area contributed by atoms with Crippen LogP contribution < -0.4 is 5.32 Å². The fourth-order valence-corrected chi connectivity index (χ4v) is 1.33. The number of hydrogen-bond donors (Lipinski definition) is 1. The van der Waals surface area contributed by atoms with Crippen LogP contribution in [0.5, 0.6) is 0 Å². The van der Waals surface area contributed by atoms with Gasteiger partial charge in [-0.1, -0.05) is 0 Å². The summed E-state index contributed by atoms with van der Waals surface area (Å²) in [5.41, 5.74) is 0. The maximum Gasteiger partial charge on any atom is 0.220 e. The summed E-state index contributed by atoms with van der Waals surface area (Å²) < 4.78 is 10.1. The van der Waals surface area contributed by atoms with Crippen LogP contribution in [0.3, 0.4) is 0 Å². The fraction of sp³-hybridized carbons (Fsp3) is 0.545. The maximum absolute atomic E-state index is 11.4. The number of furan rings is 1. The van der Waals surface area contributed by atoms with E-state index in [1.807, 2.05) is 19.1 Å². The summed E-state index contributed by atoms with van der Waals surface area (Å²) in [5, 5.41) is 2.84. The molecule has 4 heteroatoms. The van der Waals surface area contributed by atoms with E-state index in [4.69, 9.17) is 9.15 Å². The van der Waals surface area contributed by atoms with E-state index in [0.29, 0.717) is 19.4 Å². The maximum atomic E-state index is 11.4. The van der Waals surface area contributed by atoms with E-state index >= 15 is 0 Å². The molecular weight excluding hydrogens is 194 g/mol. The smallest absolute Gasteiger partial charge is 0.220 e. The molecule has 1 amide bonds. The summed E-state index contributed by atoms with van der Waals surface area (Å²) in [4.78, 5) is 11.4. The van der Waals surface area contributed by atoms with Gasteiger partial charge in [0.25, 0.3) is 0 Å². The molecule has 1 atom stereocenters. The van der Waals surface area contributed by atoms with E-state index < -0.39 is 0 Å². The number of carbonyl (C=O) groups excluding carboxylic acids is 1. The molecule has 1 N–H and O–H groups in total. The van der Waals surface area contributed by atoms with Crippen molar-refractivity contribution in [1.82, 2.24) is 5.32 Å². The van der Waals surface area contributed by atoms with Crippen LogP contribution in [0.25, 0.3) is 0 Å². The van der Waals surface area contributed by atoms with Crippen molar-refractivity contribution < 1.29 is 13.9 Å². The quantitative estimate of drug-likeness (QED) is 0.773. The molecule has 0 aliphatic heterocycles. The Morgan fingerprint density at radius 3 is 3.07 bits per heavy atom. The normalized spacial score (nSPS) is 12.4. The van der Waals surface area contributed by atoms with Gasteiger partial charge in [0.15, 0.2) is 0 Å². The van der Waals surface area contributed by atoms with Crippen molar-refractivity contribution >= 4 is 5.91 Å². The molecule has 0 bridgehead atoms. The molecule has 1 unspecified atom stereocenters. The standard InChI is InChI=1S/C11H17NO3/c1-9(8-14-2)12-11(13)6-5-10-4-3-7-15-10/h3-4,7,9H,5-6,8H2,1-2H3,(H,12,13). The topological polar surface area (TPSA) is 51.5 Å². The van der Waals surface area contributed by atoms with Crippen molar-refractivity contribution in [3.63, 3.8) is 0 Å². The van der Waals surface area contributed by atoms with Gasteiger partial charge in [-0.05, 0) is 19.1 Å².